The Bertz CT molecular complexity index is 469. The van der Waals surface area contributed by atoms with Crippen molar-refractivity contribution in [1.29, 1.82) is 0 Å². The smallest absolute Gasteiger partial charge is 0.242 e. The van der Waals surface area contributed by atoms with Gasteiger partial charge in [-0.25, -0.2) is 4.98 Å². The predicted octanol–water partition coefficient (Wildman–Crippen LogP) is 1.54. The number of hydrogen-bond donors (Lipinski definition) is 2. The van der Waals surface area contributed by atoms with Gasteiger partial charge in [0.25, 0.3) is 0 Å². The first kappa shape index (κ1) is 12.1. The van der Waals surface area contributed by atoms with E-state index in [-0.39, 0.29) is 18.0 Å². The fourth-order valence-electron chi connectivity index (χ4n) is 1.77. The van der Waals surface area contributed by atoms with Crippen molar-refractivity contribution in [2.24, 2.45) is 0 Å². The molecule has 0 bridgehead atoms. The van der Waals surface area contributed by atoms with E-state index >= 15 is 0 Å². The number of nitrogens with one attached hydrogen (secondary N) is 2. The molecule has 17 heavy (non-hydrogen) atoms. The maximum atomic E-state index is 11.9. The summed E-state index contributed by atoms with van der Waals surface area (Å²) in [5.74, 6) is 3.06. The molecular weight excluding hydrogens is 282 g/mol. The molecule has 0 saturated carbocycles. The molecule has 0 radical (unpaired) electrons. The van der Waals surface area contributed by atoms with Crippen molar-refractivity contribution in [2.75, 3.05) is 5.32 Å². The Labute approximate surface area is 108 Å². The van der Waals surface area contributed by atoms with E-state index in [1.165, 1.54) is 0 Å². The van der Waals surface area contributed by atoms with Crippen molar-refractivity contribution in [2.45, 2.75) is 24.9 Å². The molecule has 1 aromatic rings. The first-order chi connectivity index (χ1) is 8.19. The minimum atomic E-state index is -0.225. The summed E-state index contributed by atoms with van der Waals surface area (Å²) in [7, 11) is 0. The number of carbonyl (C=O) groups excluding carboxylic acids is 1. The SMILES string of the molecule is C#C[C@@H]1CC[C@@H](C(=O)Nc2cccc(Br)n2)N1. The van der Waals surface area contributed by atoms with Crippen molar-refractivity contribution in [3.05, 3.63) is 22.8 Å². The molecule has 2 heterocycles. The van der Waals surface area contributed by atoms with Gasteiger partial charge in [-0.15, -0.1) is 6.42 Å². The Morgan fingerprint density at radius 3 is 3.06 bits per heavy atom. The summed E-state index contributed by atoms with van der Waals surface area (Å²) in [4.78, 5) is 16.0. The van der Waals surface area contributed by atoms with Crippen LogP contribution in [0.15, 0.2) is 22.8 Å². The number of nitrogens with zero attached hydrogens (tertiary/aromatic N) is 1. The van der Waals surface area contributed by atoms with Crippen LogP contribution >= 0.6 is 15.9 Å². The molecular formula is C12H12BrN3O. The van der Waals surface area contributed by atoms with Crippen LogP contribution in [0.5, 0.6) is 0 Å². The molecule has 5 heteroatoms. The summed E-state index contributed by atoms with van der Waals surface area (Å²) in [6, 6.07) is 5.14. The standard InChI is InChI=1S/C12H12BrN3O/c1-2-8-6-7-9(14-8)12(17)16-11-5-3-4-10(13)15-11/h1,3-5,8-9,14H,6-7H2,(H,15,16,17)/t8-,9+/m1/s1. The van der Waals surface area contributed by atoms with Gasteiger partial charge in [0.1, 0.15) is 10.4 Å². The highest BCUT2D eigenvalue weighted by molar-refractivity contribution is 9.10. The molecule has 1 aliphatic heterocycles. The van der Waals surface area contributed by atoms with Gasteiger partial charge in [0.05, 0.1) is 12.1 Å². The number of terminal acetylenes is 1. The maximum absolute atomic E-state index is 11.9. The second-order valence-electron chi connectivity index (χ2n) is 3.85. The Morgan fingerprint density at radius 1 is 1.59 bits per heavy atom. The minimum Gasteiger partial charge on any atom is -0.309 e. The quantitative estimate of drug-likeness (QED) is 0.642. The molecule has 2 N–H and O–H groups in total. The molecule has 1 fully saturated rings. The molecule has 1 saturated heterocycles. The van der Waals surface area contributed by atoms with Crippen molar-refractivity contribution in [3.63, 3.8) is 0 Å². The van der Waals surface area contributed by atoms with Crippen LogP contribution in [0.3, 0.4) is 0 Å². The third kappa shape index (κ3) is 3.05. The van der Waals surface area contributed by atoms with E-state index in [1.807, 2.05) is 6.07 Å². The molecule has 88 valence electrons. The van der Waals surface area contributed by atoms with Crippen molar-refractivity contribution < 1.29 is 4.79 Å². The zero-order chi connectivity index (χ0) is 12.3. The fraction of sp³-hybridized carbons (Fsp3) is 0.333. The Kier molecular flexibility index (Phi) is 3.77. The highest BCUT2D eigenvalue weighted by atomic mass is 79.9. The summed E-state index contributed by atoms with van der Waals surface area (Å²) in [5, 5.41) is 5.85. The van der Waals surface area contributed by atoms with E-state index in [4.69, 9.17) is 6.42 Å². The summed E-state index contributed by atoms with van der Waals surface area (Å²) in [6.45, 7) is 0. The Balaban J connectivity index is 1.96. The van der Waals surface area contributed by atoms with E-state index in [2.05, 4.69) is 37.5 Å². The minimum absolute atomic E-state index is 0.00113. The van der Waals surface area contributed by atoms with Crippen LogP contribution in [0, 0.1) is 12.3 Å². The molecule has 0 spiro atoms. The summed E-state index contributed by atoms with van der Waals surface area (Å²) in [5.41, 5.74) is 0. The normalized spacial score (nSPS) is 23.1. The third-order valence-electron chi connectivity index (χ3n) is 2.63. The lowest BCUT2D eigenvalue weighted by Gasteiger charge is -2.11. The van der Waals surface area contributed by atoms with Crippen LogP contribution in [0.25, 0.3) is 0 Å². The third-order valence-corrected chi connectivity index (χ3v) is 3.07. The number of halogens is 1. The number of pyridine rings is 1. The largest absolute Gasteiger partial charge is 0.309 e. The Hall–Kier alpha value is -1.38. The van der Waals surface area contributed by atoms with E-state index in [9.17, 15) is 4.79 Å². The van der Waals surface area contributed by atoms with Crippen LogP contribution in [0.1, 0.15) is 12.8 Å². The van der Waals surface area contributed by atoms with Gasteiger partial charge in [-0.3, -0.25) is 10.1 Å². The highest BCUT2D eigenvalue weighted by Crippen LogP contribution is 2.15. The molecule has 1 aromatic heterocycles. The van der Waals surface area contributed by atoms with E-state index in [0.717, 1.165) is 12.8 Å². The van der Waals surface area contributed by atoms with Gasteiger partial charge in [-0.05, 0) is 40.9 Å². The summed E-state index contributed by atoms with van der Waals surface area (Å²) >= 11 is 3.25. The highest BCUT2D eigenvalue weighted by Gasteiger charge is 2.27. The lowest BCUT2D eigenvalue weighted by Crippen LogP contribution is -2.38. The monoisotopic (exact) mass is 293 g/mol. The van der Waals surface area contributed by atoms with Gasteiger partial charge in [-0.2, -0.15) is 0 Å². The van der Waals surface area contributed by atoms with Crippen molar-refractivity contribution >= 4 is 27.7 Å². The predicted molar refractivity (Wildman–Crippen MR) is 69.3 cm³/mol. The molecule has 0 unspecified atom stereocenters. The second kappa shape index (κ2) is 5.30. The molecule has 1 amide bonds. The lowest BCUT2D eigenvalue weighted by molar-refractivity contribution is -0.117. The number of anilines is 1. The molecule has 4 nitrogen and oxygen atoms in total. The van der Waals surface area contributed by atoms with Gasteiger partial charge in [-0.1, -0.05) is 12.0 Å². The van der Waals surface area contributed by atoms with Crippen molar-refractivity contribution in [1.82, 2.24) is 10.3 Å². The van der Waals surface area contributed by atoms with Crippen LogP contribution in [-0.2, 0) is 4.79 Å². The maximum Gasteiger partial charge on any atom is 0.242 e. The number of aromatic nitrogens is 1. The molecule has 0 aliphatic carbocycles. The summed E-state index contributed by atoms with van der Waals surface area (Å²) < 4.78 is 0.691. The fourth-order valence-corrected chi connectivity index (χ4v) is 2.12. The number of rotatable bonds is 2. The molecule has 2 rings (SSSR count). The van der Waals surface area contributed by atoms with Crippen molar-refractivity contribution in [3.8, 4) is 12.3 Å². The van der Waals surface area contributed by atoms with Gasteiger partial charge in [0.2, 0.25) is 5.91 Å². The first-order valence-electron chi connectivity index (χ1n) is 5.34. The van der Waals surface area contributed by atoms with Gasteiger partial charge < -0.3 is 5.32 Å². The van der Waals surface area contributed by atoms with Crippen LogP contribution in [0.2, 0.25) is 0 Å². The van der Waals surface area contributed by atoms with Gasteiger partial charge in [0.15, 0.2) is 0 Å². The summed E-state index contributed by atoms with van der Waals surface area (Å²) in [6.07, 6.45) is 6.90. The van der Waals surface area contributed by atoms with E-state index in [1.54, 1.807) is 12.1 Å². The molecule has 1 aliphatic rings. The first-order valence-corrected chi connectivity index (χ1v) is 6.14. The Morgan fingerprint density at radius 2 is 2.41 bits per heavy atom. The van der Waals surface area contributed by atoms with E-state index in [0.29, 0.717) is 10.4 Å². The van der Waals surface area contributed by atoms with E-state index < -0.39 is 0 Å². The molecule has 0 aromatic carbocycles. The molecule has 2 atom stereocenters. The topological polar surface area (TPSA) is 54.0 Å². The van der Waals surface area contributed by atoms with Gasteiger partial charge >= 0.3 is 0 Å². The zero-order valence-electron chi connectivity index (χ0n) is 9.11. The van der Waals surface area contributed by atoms with Crippen LogP contribution < -0.4 is 10.6 Å². The zero-order valence-corrected chi connectivity index (χ0v) is 10.7. The number of hydrogen-bond acceptors (Lipinski definition) is 3. The van der Waals surface area contributed by atoms with Crippen LogP contribution in [0.4, 0.5) is 5.82 Å². The number of carbonyl (C=O) groups is 1. The second-order valence-corrected chi connectivity index (χ2v) is 4.66. The average molecular weight is 294 g/mol. The van der Waals surface area contributed by atoms with Gasteiger partial charge in [0, 0.05) is 0 Å². The lowest BCUT2D eigenvalue weighted by atomic mass is 10.2. The average Bonchev–Trinajstić information content (AvgIpc) is 2.77. The van der Waals surface area contributed by atoms with Crippen LogP contribution in [-0.4, -0.2) is 23.0 Å². The number of amides is 1.